The topological polar surface area (TPSA) is 83.6 Å². The summed E-state index contributed by atoms with van der Waals surface area (Å²) in [5.74, 6) is -1.21. The number of carbonyl (C=O) groups excluding carboxylic acids is 1. The summed E-state index contributed by atoms with van der Waals surface area (Å²) in [4.78, 5) is 25.3. The van der Waals surface area contributed by atoms with Crippen molar-refractivity contribution in [1.82, 2.24) is 4.90 Å². The SMILES string of the molecule is CC1(C(=O)O)CCCN1C(=O)[C@@H](N)CCc1ccccc1. The number of rotatable bonds is 5. The minimum atomic E-state index is -1.11. The summed E-state index contributed by atoms with van der Waals surface area (Å²) < 4.78 is 0. The maximum Gasteiger partial charge on any atom is 0.329 e. The highest BCUT2D eigenvalue weighted by atomic mass is 16.4. The van der Waals surface area contributed by atoms with Gasteiger partial charge in [0, 0.05) is 6.54 Å². The van der Waals surface area contributed by atoms with E-state index in [9.17, 15) is 14.7 Å². The Bertz CT molecular complexity index is 518. The second-order valence-corrected chi connectivity index (χ2v) is 5.80. The molecule has 21 heavy (non-hydrogen) atoms. The first kappa shape index (κ1) is 15.5. The van der Waals surface area contributed by atoms with Crippen molar-refractivity contribution < 1.29 is 14.7 Å². The van der Waals surface area contributed by atoms with Gasteiger partial charge < -0.3 is 15.7 Å². The minimum absolute atomic E-state index is 0.256. The van der Waals surface area contributed by atoms with Crippen LogP contribution in [0.4, 0.5) is 0 Å². The maximum atomic E-state index is 12.4. The molecule has 1 aromatic carbocycles. The van der Waals surface area contributed by atoms with Crippen LogP contribution in [-0.4, -0.2) is 40.0 Å². The number of aryl methyl sites for hydroxylation is 1. The van der Waals surface area contributed by atoms with E-state index in [0.717, 1.165) is 5.56 Å². The number of nitrogens with zero attached hydrogens (tertiary/aromatic N) is 1. The predicted octanol–water partition coefficient (Wildman–Crippen LogP) is 1.41. The van der Waals surface area contributed by atoms with E-state index in [2.05, 4.69) is 0 Å². The first-order valence-corrected chi connectivity index (χ1v) is 7.29. The number of hydrogen-bond donors (Lipinski definition) is 2. The third-order valence-electron chi connectivity index (χ3n) is 4.27. The number of nitrogens with two attached hydrogens (primary N) is 1. The molecule has 0 radical (unpaired) electrons. The number of benzene rings is 1. The molecule has 0 saturated carbocycles. The average molecular weight is 290 g/mol. The lowest BCUT2D eigenvalue weighted by molar-refractivity contribution is -0.155. The lowest BCUT2D eigenvalue weighted by Crippen LogP contribution is -2.55. The Morgan fingerprint density at radius 3 is 2.67 bits per heavy atom. The maximum absolute atomic E-state index is 12.4. The van der Waals surface area contributed by atoms with Gasteiger partial charge in [0.25, 0.3) is 0 Å². The average Bonchev–Trinajstić information content (AvgIpc) is 2.88. The number of aliphatic carboxylic acids is 1. The van der Waals surface area contributed by atoms with Crippen molar-refractivity contribution in [3.8, 4) is 0 Å². The standard InChI is InChI=1S/C16H22N2O3/c1-16(15(20)21)10-5-11-18(16)14(19)13(17)9-8-12-6-3-2-4-7-12/h2-4,6-7,13H,5,8-11,17H2,1H3,(H,20,21)/t13-,16?/m0/s1. The van der Waals surface area contributed by atoms with Crippen LogP contribution in [0.2, 0.25) is 0 Å². The fourth-order valence-corrected chi connectivity index (χ4v) is 2.83. The highest BCUT2D eigenvalue weighted by Gasteiger charge is 2.46. The van der Waals surface area contributed by atoms with Gasteiger partial charge in [-0.25, -0.2) is 4.79 Å². The summed E-state index contributed by atoms with van der Waals surface area (Å²) in [5.41, 5.74) is 6.00. The molecule has 2 rings (SSSR count). The fourth-order valence-electron chi connectivity index (χ4n) is 2.83. The molecule has 2 atom stereocenters. The largest absolute Gasteiger partial charge is 0.480 e. The summed E-state index contributed by atoms with van der Waals surface area (Å²) in [6.45, 7) is 2.07. The monoisotopic (exact) mass is 290 g/mol. The molecular weight excluding hydrogens is 268 g/mol. The summed E-state index contributed by atoms with van der Waals surface area (Å²) in [7, 11) is 0. The first-order valence-electron chi connectivity index (χ1n) is 7.29. The van der Waals surface area contributed by atoms with E-state index in [4.69, 9.17) is 5.73 Å². The van der Waals surface area contributed by atoms with Crippen LogP contribution < -0.4 is 5.73 Å². The molecule has 0 bridgehead atoms. The van der Waals surface area contributed by atoms with E-state index >= 15 is 0 Å². The lowest BCUT2D eigenvalue weighted by atomic mass is 9.97. The van der Waals surface area contributed by atoms with E-state index in [-0.39, 0.29) is 5.91 Å². The minimum Gasteiger partial charge on any atom is -0.480 e. The van der Waals surface area contributed by atoms with Crippen molar-refractivity contribution in [2.75, 3.05) is 6.54 Å². The number of hydrogen-bond acceptors (Lipinski definition) is 3. The summed E-state index contributed by atoms with van der Waals surface area (Å²) >= 11 is 0. The van der Waals surface area contributed by atoms with Crippen molar-refractivity contribution in [2.24, 2.45) is 5.73 Å². The number of amides is 1. The van der Waals surface area contributed by atoms with Gasteiger partial charge in [0.2, 0.25) is 5.91 Å². The van der Waals surface area contributed by atoms with Crippen LogP contribution in [0.5, 0.6) is 0 Å². The second kappa shape index (κ2) is 6.26. The van der Waals surface area contributed by atoms with Gasteiger partial charge >= 0.3 is 5.97 Å². The van der Waals surface area contributed by atoms with Gasteiger partial charge in [0.15, 0.2) is 0 Å². The Morgan fingerprint density at radius 1 is 1.38 bits per heavy atom. The van der Waals surface area contributed by atoms with Gasteiger partial charge in [-0.1, -0.05) is 30.3 Å². The summed E-state index contributed by atoms with van der Waals surface area (Å²) in [6, 6.07) is 9.18. The Labute approximate surface area is 124 Å². The highest BCUT2D eigenvalue weighted by Crippen LogP contribution is 2.30. The number of likely N-dealkylation sites (tertiary alicyclic amines) is 1. The van der Waals surface area contributed by atoms with Gasteiger partial charge in [-0.3, -0.25) is 4.79 Å². The first-order chi connectivity index (χ1) is 9.95. The normalized spacial score (nSPS) is 23.0. The van der Waals surface area contributed by atoms with Crippen LogP contribution in [0, 0.1) is 0 Å². The van der Waals surface area contributed by atoms with Crippen LogP contribution in [-0.2, 0) is 16.0 Å². The van der Waals surface area contributed by atoms with Crippen molar-refractivity contribution in [3.63, 3.8) is 0 Å². The van der Waals surface area contributed by atoms with Crippen LogP contribution in [0.15, 0.2) is 30.3 Å². The summed E-state index contributed by atoms with van der Waals surface area (Å²) in [5, 5.41) is 9.35. The Morgan fingerprint density at radius 2 is 2.05 bits per heavy atom. The molecular formula is C16H22N2O3. The molecule has 1 amide bonds. The van der Waals surface area contributed by atoms with E-state index in [1.165, 1.54) is 4.90 Å². The highest BCUT2D eigenvalue weighted by molar-refractivity contribution is 5.89. The molecule has 114 valence electrons. The Balaban J connectivity index is 1.97. The molecule has 1 aliphatic rings. The summed E-state index contributed by atoms with van der Waals surface area (Å²) in [6.07, 6.45) is 2.43. The zero-order chi connectivity index (χ0) is 15.5. The molecule has 3 N–H and O–H groups in total. The fraction of sp³-hybridized carbons (Fsp3) is 0.500. The van der Waals surface area contributed by atoms with Crippen molar-refractivity contribution in [2.45, 2.75) is 44.2 Å². The zero-order valence-corrected chi connectivity index (χ0v) is 12.3. The number of carboxylic acids is 1. The Hall–Kier alpha value is -1.88. The quantitative estimate of drug-likeness (QED) is 0.859. The molecule has 5 heteroatoms. The van der Waals surface area contributed by atoms with Crippen molar-refractivity contribution >= 4 is 11.9 Å². The van der Waals surface area contributed by atoms with Crippen LogP contribution in [0.25, 0.3) is 0 Å². The molecule has 5 nitrogen and oxygen atoms in total. The molecule has 1 fully saturated rings. The van der Waals surface area contributed by atoms with Crippen molar-refractivity contribution in [3.05, 3.63) is 35.9 Å². The van der Waals surface area contributed by atoms with E-state index in [0.29, 0.717) is 32.2 Å². The van der Waals surface area contributed by atoms with E-state index in [1.54, 1.807) is 6.92 Å². The third-order valence-corrected chi connectivity index (χ3v) is 4.27. The third kappa shape index (κ3) is 3.24. The number of carbonyl (C=O) groups is 2. The lowest BCUT2D eigenvalue weighted by Gasteiger charge is -2.33. The second-order valence-electron chi connectivity index (χ2n) is 5.80. The van der Waals surface area contributed by atoms with Crippen LogP contribution >= 0.6 is 0 Å². The Kier molecular flexibility index (Phi) is 4.63. The molecule has 1 unspecified atom stereocenters. The molecule has 1 saturated heterocycles. The molecule has 1 heterocycles. The zero-order valence-electron chi connectivity index (χ0n) is 12.3. The van der Waals surface area contributed by atoms with Crippen molar-refractivity contribution in [1.29, 1.82) is 0 Å². The van der Waals surface area contributed by atoms with Crippen LogP contribution in [0.3, 0.4) is 0 Å². The molecule has 1 aromatic rings. The number of carboxylic acid groups (broad SMARTS) is 1. The smallest absolute Gasteiger partial charge is 0.329 e. The van der Waals surface area contributed by atoms with Gasteiger partial charge in [-0.15, -0.1) is 0 Å². The van der Waals surface area contributed by atoms with Gasteiger partial charge in [-0.05, 0) is 38.2 Å². The molecule has 0 aliphatic carbocycles. The molecule has 0 spiro atoms. The van der Waals surface area contributed by atoms with E-state index < -0.39 is 17.6 Å². The van der Waals surface area contributed by atoms with Crippen LogP contribution in [0.1, 0.15) is 31.7 Å². The predicted molar refractivity (Wildman–Crippen MR) is 79.7 cm³/mol. The van der Waals surface area contributed by atoms with Gasteiger partial charge in [-0.2, -0.15) is 0 Å². The molecule has 1 aliphatic heterocycles. The molecule has 0 aromatic heterocycles. The van der Waals surface area contributed by atoms with Gasteiger partial charge in [0.1, 0.15) is 5.54 Å². The van der Waals surface area contributed by atoms with Gasteiger partial charge in [0.05, 0.1) is 6.04 Å². The van der Waals surface area contributed by atoms with E-state index in [1.807, 2.05) is 30.3 Å².